The van der Waals surface area contributed by atoms with Gasteiger partial charge in [0.15, 0.2) is 6.61 Å². The molecule has 0 fully saturated rings. The Morgan fingerprint density at radius 3 is 2.32 bits per heavy atom. The van der Waals surface area contributed by atoms with Gasteiger partial charge in [0.2, 0.25) is 0 Å². The van der Waals surface area contributed by atoms with Gasteiger partial charge in [-0.15, -0.1) is 0 Å². The molecule has 2 rings (SSSR count). The third-order valence-electron chi connectivity index (χ3n) is 4.42. The lowest BCUT2D eigenvalue weighted by molar-refractivity contribution is -0.153. The molecule has 28 heavy (non-hydrogen) atoms. The van der Waals surface area contributed by atoms with Crippen molar-refractivity contribution in [2.45, 2.75) is 44.7 Å². The van der Waals surface area contributed by atoms with Crippen LogP contribution in [0.25, 0.3) is 0 Å². The Bertz CT molecular complexity index is 758. The van der Waals surface area contributed by atoms with Crippen molar-refractivity contribution in [1.29, 1.82) is 0 Å². The van der Waals surface area contributed by atoms with E-state index in [0.29, 0.717) is 12.1 Å². The summed E-state index contributed by atoms with van der Waals surface area (Å²) in [5.41, 5.74) is 2.54. The van der Waals surface area contributed by atoms with E-state index < -0.39 is 12.8 Å². The lowest BCUT2D eigenvalue weighted by Gasteiger charge is -2.13. The number of aliphatic hydroxyl groups excluding tert-OH is 1. The molecular weight excluding hydrogens is 371 g/mol. The summed E-state index contributed by atoms with van der Waals surface area (Å²) in [5.74, 6) is -0.0109. The molecule has 2 atom stereocenters. The van der Waals surface area contributed by atoms with E-state index in [4.69, 9.17) is 0 Å². The summed E-state index contributed by atoms with van der Waals surface area (Å²) in [6.07, 6.45) is -2.58. The number of hydrogen-bond acceptors (Lipinski definition) is 4. The highest BCUT2D eigenvalue weighted by Gasteiger charge is 2.28. The number of aromatic nitrogens is 1. The highest BCUT2D eigenvalue weighted by atomic mass is 19.4. The molecule has 0 bridgehead atoms. The smallest absolute Gasteiger partial charge is 0.422 e. The number of benzene rings is 1. The van der Waals surface area contributed by atoms with Gasteiger partial charge in [-0.2, -0.15) is 13.2 Å². The third kappa shape index (κ3) is 6.96. The van der Waals surface area contributed by atoms with Crippen molar-refractivity contribution in [1.82, 2.24) is 4.98 Å². The van der Waals surface area contributed by atoms with Crippen LogP contribution in [0, 0.1) is 0 Å². The first-order valence-corrected chi connectivity index (χ1v) is 9.05. The highest BCUT2D eigenvalue weighted by Crippen LogP contribution is 2.22. The van der Waals surface area contributed by atoms with E-state index >= 15 is 0 Å². The summed E-state index contributed by atoms with van der Waals surface area (Å²) >= 11 is 0. The lowest BCUT2D eigenvalue weighted by Crippen LogP contribution is -2.19. The van der Waals surface area contributed by atoms with Crippen LogP contribution in [0.2, 0.25) is 0 Å². The predicted octanol–water partition coefficient (Wildman–Crippen LogP) is 4.42. The maximum Gasteiger partial charge on any atom is 0.422 e. The standard InChI is InChI=1S/C21H24F3NO3/c1-14(20-8-7-19(11-25-20)28-13-21(22,23)24)9-18(27)10-16-3-5-17(6-4-16)15(2)12-26/h3-8,11,14-15,26H,9-10,12-13H2,1-2H3/t14-,15?/m0/s1. The van der Waals surface area contributed by atoms with Crippen LogP contribution in [0.15, 0.2) is 42.6 Å². The minimum absolute atomic E-state index is 0.0387. The first kappa shape index (κ1) is 21.9. The molecule has 0 saturated carbocycles. The molecule has 1 heterocycles. The maximum absolute atomic E-state index is 12.3. The fourth-order valence-electron chi connectivity index (χ4n) is 2.75. The molecule has 0 radical (unpaired) electrons. The number of hydrogen-bond donors (Lipinski definition) is 1. The number of ketones is 1. The second kappa shape index (κ2) is 9.68. The molecule has 0 spiro atoms. The van der Waals surface area contributed by atoms with Gasteiger partial charge in [-0.25, -0.2) is 0 Å². The molecule has 0 aliphatic rings. The molecule has 1 aromatic heterocycles. The zero-order valence-electron chi connectivity index (χ0n) is 15.9. The van der Waals surface area contributed by atoms with Crippen molar-refractivity contribution in [2.75, 3.05) is 13.2 Å². The second-order valence-electron chi connectivity index (χ2n) is 6.97. The average molecular weight is 395 g/mol. The van der Waals surface area contributed by atoms with Crippen molar-refractivity contribution >= 4 is 5.78 Å². The van der Waals surface area contributed by atoms with Crippen molar-refractivity contribution in [3.8, 4) is 5.75 Å². The first-order valence-electron chi connectivity index (χ1n) is 9.05. The third-order valence-corrected chi connectivity index (χ3v) is 4.42. The van der Waals surface area contributed by atoms with Crippen LogP contribution in [-0.4, -0.2) is 35.3 Å². The maximum atomic E-state index is 12.3. The monoisotopic (exact) mass is 395 g/mol. The van der Waals surface area contributed by atoms with Crippen LogP contribution in [0.1, 0.15) is 48.9 Å². The van der Waals surface area contributed by atoms with Crippen LogP contribution >= 0.6 is 0 Å². The lowest BCUT2D eigenvalue weighted by atomic mass is 9.95. The SMILES string of the molecule is CC(CO)c1ccc(CC(=O)C[C@H](C)c2ccc(OCC(F)(F)F)cn2)cc1. The molecule has 0 aliphatic heterocycles. The zero-order chi connectivity index (χ0) is 20.7. The minimum atomic E-state index is -4.40. The fraction of sp³-hybridized carbons (Fsp3) is 0.429. The van der Waals surface area contributed by atoms with Gasteiger partial charge in [0.1, 0.15) is 11.5 Å². The van der Waals surface area contributed by atoms with E-state index in [0.717, 1.165) is 11.1 Å². The van der Waals surface area contributed by atoms with Crippen LogP contribution in [0.4, 0.5) is 13.2 Å². The number of ether oxygens (including phenoxy) is 1. The van der Waals surface area contributed by atoms with Gasteiger partial charge in [0, 0.05) is 37.0 Å². The molecule has 1 unspecified atom stereocenters. The molecule has 7 heteroatoms. The average Bonchev–Trinajstić information content (AvgIpc) is 2.66. The normalized spacial score (nSPS) is 13.8. The van der Waals surface area contributed by atoms with Crippen molar-refractivity contribution < 1.29 is 27.8 Å². The van der Waals surface area contributed by atoms with Gasteiger partial charge in [-0.05, 0) is 23.3 Å². The van der Waals surface area contributed by atoms with Gasteiger partial charge in [-0.3, -0.25) is 9.78 Å². The number of halogens is 3. The Hall–Kier alpha value is -2.41. The van der Waals surface area contributed by atoms with E-state index in [1.165, 1.54) is 12.3 Å². The number of carbonyl (C=O) groups excluding carboxylic acids is 1. The Balaban J connectivity index is 1.87. The zero-order valence-corrected chi connectivity index (χ0v) is 15.9. The molecule has 0 aliphatic carbocycles. The van der Waals surface area contributed by atoms with E-state index in [-0.39, 0.29) is 36.4 Å². The fourth-order valence-corrected chi connectivity index (χ4v) is 2.75. The molecule has 4 nitrogen and oxygen atoms in total. The van der Waals surface area contributed by atoms with E-state index in [9.17, 15) is 23.1 Å². The molecule has 2 aromatic rings. The summed E-state index contributed by atoms with van der Waals surface area (Å²) in [6, 6.07) is 10.6. The number of alkyl halides is 3. The van der Waals surface area contributed by atoms with Crippen LogP contribution in [0.3, 0.4) is 0 Å². The van der Waals surface area contributed by atoms with Gasteiger partial charge in [0.25, 0.3) is 0 Å². The summed E-state index contributed by atoms with van der Waals surface area (Å²) in [4.78, 5) is 16.4. The summed E-state index contributed by atoms with van der Waals surface area (Å²) in [6.45, 7) is 2.48. The van der Waals surface area contributed by atoms with Crippen LogP contribution in [-0.2, 0) is 11.2 Å². The minimum Gasteiger partial charge on any atom is -0.483 e. The van der Waals surface area contributed by atoms with Crippen LogP contribution < -0.4 is 4.74 Å². The predicted molar refractivity (Wildman–Crippen MR) is 99.5 cm³/mol. The first-order chi connectivity index (χ1) is 13.2. The Kier molecular flexibility index (Phi) is 7.57. The number of rotatable bonds is 9. The second-order valence-corrected chi connectivity index (χ2v) is 6.97. The van der Waals surface area contributed by atoms with Crippen molar-refractivity contribution in [3.05, 3.63) is 59.4 Å². The van der Waals surface area contributed by atoms with Gasteiger partial charge >= 0.3 is 6.18 Å². The number of carbonyl (C=O) groups is 1. The molecule has 1 N–H and O–H groups in total. The largest absolute Gasteiger partial charge is 0.483 e. The molecule has 152 valence electrons. The Morgan fingerprint density at radius 1 is 1.11 bits per heavy atom. The number of pyridine rings is 1. The Labute approximate surface area is 162 Å². The molecule has 1 aromatic carbocycles. The number of nitrogens with zero attached hydrogens (tertiary/aromatic N) is 1. The number of aliphatic hydroxyl groups is 1. The van der Waals surface area contributed by atoms with Gasteiger partial charge < -0.3 is 9.84 Å². The van der Waals surface area contributed by atoms with Gasteiger partial charge in [-0.1, -0.05) is 38.1 Å². The van der Waals surface area contributed by atoms with Gasteiger partial charge in [0.05, 0.1) is 6.20 Å². The van der Waals surface area contributed by atoms with E-state index in [2.05, 4.69) is 9.72 Å². The van der Waals surface area contributed by atoms with E-state index in [1.807, 2.05) is 38.1 Å². The number of Topliss-reactive ketones (excluding diaryl/α,β-unsaturated/α-hetero) is 1. The molecule has 0 amide bonds. The molecular formula is C21H24F3NO3. The van der Waals surface area contributed by atoms with Crippen molar-refractivity contribution in [2.24, 2.45) is 0 Å². The quantitative estimate of drug-likeness (QED) is 0.683. The van der Waals surface area contributed by atoms with E-state index in [1.54, 1.807) is 6.07 Å². The van der Waals surface area contributed by atoms with Crippen molar-refractivity contribution in [3.63, 3.8) is 0 Å². The van der Waals surface area contributed by atoms with Crippen LogP contribution in [0.5, 0.6) is 5.75 Å². The topological polar surface area (TPSA) is 59.4 Å². The molecule has 0 saturated heterocycles. The highest BCUT2D eigenvalue weighted by molar-refractivity contribution is 5.81. The summed E-state index contributed by atoms with van der Waals surface area (Å²) in [7, 11) is 0. The summed E-state index contributed by atoms with van der Waals surface area (Å²) in [5, 5.41) is 9.18. The Morgan fingerprint density at radius 2 is 1.79 bits per heavy atom. The summed E-state index contributed by atoms with van der Waals surface area (Å²) < 4.78 is 41.1.